The van der Waals surface area contributed by atoms with E-state index < -0.39 is 0 Å². The molecule has 6 nitrogen and oxygen atoms in total. The number of thioether (sulfide) groups is 1. The third-order valence-electron chi connectivity index (χ3n) is 21.2. The Labute approximate surface area is 574 Å². The Morgan fingerprint density at radius 3 is 0.811 bits per heavy atom. The van der Waals surface area contributed by atoms with Crippen LogP contribution in [0, 0.1) is 71.9 Å². The summed E-state index contributed by atoms with van der Waals surface area (Å²) in [4.78, 5) is 13.7. The van der Waals surface area contributed by atoms with E-state index in [2.05, 4.69) is 348 Å². The maximum atomic E-state index is 6.17. The highest BCUT2D eigenvalue weighted by Gasteiger charge is 2.53. The molecule has 0 aromatic rings. The normalized spacial score (nSPS) is 28.5. The lowest BCUT2D eigenvalue weighted by molar-refractivity contribution is -0.167. The molecule has 10 atom stereocenters. The van der Waals surface area contributed by atoms with Gasteiger partial charge in [0, 0.05) is 82.0 Å². The van der Waals surface area contributed by atoms with Crippen LogP contribution >= 0.6 is 11.8 Å². The van der Waals surface area contributed by atoms with Crippen molar-refractivity contribution in [3.8, 4) is 0 Å². The fourth-order valence-electron chi connectivity index (χ4n) is 17.3. The summed E-state index contributed by atoms with van der Waals surface area (Å²) in [5.74, 6) is 3.66. The zero-order valence-corrected chi connectivity index (χ0v) is 71.3. The molecule has 0 saturated carbocycles. The molecule has 90 heavy (non-hydrogen) atoms. The SMILES string of the molecule is CC(C)(C)C1CCCCN(C(C)(C)C)C1C(C)(C)C.CC(C)(C)C1CCCN(C(C)(C)C)C1C(C)(C)C.CC(C)(C)C1CCN(C(C)(C)C)C1C(C)(C)C.CC(C)(C)C1OCCN(C(C)(C)C)C1C(C)(C)C.CC(C)(C)C1SCCN(C(C)(C)C)C1C(C)(C)C. The molecule has 10 unspecified atom stereocenters. The van der Waals surface area contributed by atoms with Gasteiger partial charge in [-0.15, -0.1) is 0 Å². The Kier molecular flexibility index (Phi) is 30.1. The maximum Gasteiger partial charge on any atom is 0.0784 e. The first kappa shape index (κ1) is 88.1. The summed E-state index contributed by atoms with van der Waals surface area (Å²) >= 11 is 2.18. The second-order valence-corrected chi connectivity index (χ2v) is 46.8. The van der Waals surface area contributed by atoms with Crippen LogP contribution in [0.1, 0.15) is 350 Å². The van der Waals surface area contributed by atoms with Gasteiger partial charge in [0.15, 0.2) is 0 Å². The molecule has 7 heteroatoms. The molecule has 5 aliphatic heterocycles. The second-order valence-electron chi connectivity index (χ2n) is 45.5. The van der Waals surface area contributed by atoms with Gasteiger partial charge in [-0.25, -0.2) is 0 Å². The predicted molar refractivity (Wildman–Crippen MR) is 410 cm³/mol. The Bertz CT molecular complexity index is 1810. The smallest absolute Gasteiger partial charge is 0.0784 e. The molecule has 0 spiro atoms. The lowest BCUT2D eigenvalue weighted by Crippen LogP contribution is -2.65. The Morgan fingerprint density at radius 2 is 0.522 bits per heavy atom. The van der Waals surface area contributed by atoms with E-state index in [0.717, 1.165) is 30.9 Å². The van der Waals surface area contributed by atoms with E-state index in [9.17, 15) is 0 Å². The molecular weight excluding hydrogens is 1120 g/mol. The average Bonchev–Trinajstić information content (AvgIpc) is 1.09. The molecule has 0 N–H and O–H groups in total. The van der Waals surface area contributed by atoms with Gasteiger partial charge in [-0.2, -0.15) is 11.8 Å². The van der Waals surface area contributed by atoms with Crippen molar-refractivity contribution in [2.75, 3.05) is 45.1 Å². The van der Waals surface area contributed by atoms with Crippen molar-refractivity contribution in [2.24, 2.45) is 71.9 Å². The zero-order chi connectivity index (χ0) is 71.8. The minimum atomic E-state index is 0.182. The summed E-state index contributed by atoms with van der Waals surface area (Å²) in [6, 6.07) is 3.17. The van der Waals surface area contributed by atoms with Crippen molar-refractivity contribution in [3.05, 3.63) is 0 Å². The van der Waals surface area contributed by atoms with Crippen LogP contribution in [0.3, 0.4) is 0 Å². The molecule has 0 amide bonds. The number of morpholine rings is 1. The summed E-state index contributed by atoms with van der Waals surface area (Å²) in [6.45, 7) is 114. The standard InChI is InChI=1S/C18H37N.C17H35N.C16H33NO.C16H33NS.C16H33N/c1-16(2,3)14-12-10-11-13-19(18(7,8)9)15(14)17(4,5)6;1-15(2,3)13-11-10-12-18(17(7,8)9)14(13)16(4,5)6;2*1-14(2,3)12-13(15(4,5)6)18-11-10-17(12)16(7,8)9;1-14(2,3)12-10-11-17(16(7,8)9)13(12)15(4,5)6/h14-15H,10-13H2,1-9H3;13-14H,10-12H2,1-9H3;2*12-13H,10-11H2,1-9H3;12-13H,10-11H2,1-9H3. The van der Waals surface area contributed by atoms with Gasteiger partial charge < -0.3 is 4.74 Å². The van der Waals surface area contributed by atoms with Crippen LogP contribution < -0.4 is 0 Å². The van der Waals surface area contributed by atoms with Crippen LogP contribution in [-0.4, -0.2) is 139 Å². The minimum Gasteiger partial charge on any atom is -0.375 e. The van der Waals surface area contributed by atoms with Gasteiger partial charge in [0.2, 0.25) is 0 Å². The molecule has 5 fully saturated rings. The van der Waals surface area contributed by atoms with E-state index in [-0.39, 0.29) is 38.5 Å². The maximum absolute atomic E-state index is 6.17. The van der Waals surface area contributed by atoms with Gasteiger partial charge in [-0.05, 0) is 227 Å². The molecule has 0 bridgehead atoms. The number of nitrogens with zero attached hydrogens (tertiary/aromatic N) is 5. The summed E-state index contributed by atoms with van der Waals surface area (Å²) in [5, 5.41) is 0.713. The molecule has 5 rings (SSSR count). The second kappa shape index (κ2) is 30.7. The van der Waals surface area contributed by atoms with Gasteiger partial charge >= 0.3 is 0 Å². The summed E-state index contributed by atoms with van der Waals surface area (Å²) in [6.07, 6.45) is 8.52. The summed E-state index contributed by atoms with van der Waals surface area (Å²) in [5.41, 5.74) is 4.69. The first-order chi connectivity index (χ1) is 39.2. The lowest BCUT2D eigenvalue weighted by Gasteiger charge is -2.56. The van der Waals surface area contributed by atoms with Gasteiger partial charge in [0.25, 0.3) is 0 Å². The number of ether oxygens (including phenoxy) is 1. The Hall–Kier alpha value is 0.110. The van der Waals surface area contributed by atoms with E-state index in [0.29, 0.717) is 84.9 Å². The third kappa shape index (κ3) is 26.1. The number of hydrogen-bond acceptors (Lipinski definition) is 7. The van der Waals surface area contributed by atoms with E-state index in [1.54, 1.807) is 0 Å². The van der Waals surface area contributed by atoms with E-state index >= 15 is 0 Å². The fourth-order valence-corrected chi connectivity index (χ4v) is 19.1. The van der Waals surface area contributed by atoms with Crippen LogP contribution in [-0.2, 0) is 4.74 Å². The first-order valence-corrected chi connectivity index (χ1v) is 38.4. The van der Waals surface area contributed by atoms with Crippen molar-refractivity contribution >= 4 is 11.8 Å². The highest BCUT2D eigenvalue weighted by Crippen LogP contribution is 2.51. The number of likely N-dealkylation sites (tertiary alicyclic amines) is 3. The summed E-state index contributed by atoms with van der Waals surface area (Å²) < 4.78 is 6.17. The lowest BCUT2D eigenvalue weighted by atomic mass is 9.63. The highest BCUT2D eigenvalue weighted by atomic mass is 32.2. The minimum absolute atomic E-state index is 0.182. The van der Waals surface area contributed by atoms with Crippen LogP contribution in [0.5, 0.6) is 0 Å². The fraction of sp³-hybridized carbons (Fsp3) is 1.00. The van der Waals surface area contributed by atoms with Gasteiger partial charge in [-0.3, -0.25) is 24.5 Å². The van der Waals surface area contributed by atoms with E-state index in [1.165, 1.54) is 70.5 Å². The molecular formula is C83H171N5OS. The molecule has 0 aliphatic carbocycles. The molecule has 0 aromatic heterocycles. The third-order valence-corrected chi connectivity index (χ3v) is 22.9. The van der Waals surface area contributed by atoms with Gasteiger partial charge in [0.1, 0.15) is 0 Å². The molecule has 5 saturated heterocycles. The van der Waals surface area contributed by atoms with Crippen LogP contribution in [0.15, 0.2) is 0 Å². The Balaban J connectivity index is 0.000000563. The van der Waals surface area contributed by atoms with Crippen molar-refractivity contribution in [1.29, 1.82) is 0 Å². The van der Waals surface area contributed by atoms with Gasteiger partial charge in [0.05, 0.1) is 12.7 Å². The van der Waals surface area contributed by atoms with Crippen molar-refractivity contribution in [1.82, 2.24) is 24.5 Å². The zero-order valence-electron chi connectivity index (χ0n) is 70.5. The molecule has 5 heterocycles. The molecule has 540 valence electrons. The predicted octanol–water partition coefficient (Wildman–Crippen LogP) is 23.5. The molecule has 0 aromatic carbocycles. The highest BCUT2D eigenvalue weighted by molar-refractivity contribution is 8.00. The average molecular weight is 1290 g/mol. The monoisotopic (exact) mass is 1290 g/mol. The van der Waals surface area contributed by atoms with Crippen LogP contribution in [0.4, 0.5) is 0 Å². The largest absolute Gasteiger partial charge is 0.375 e. The number of hydrogen-bond donors (Lipinski definition) is 0. The Morgan fingerprint density at radius 1 is 0.244 bits per heavy atom. The molecule has 5 aliphatic rings. The quantitative estimate of drug-likeness (QED) is 0.238. The van der Waals surface area contributed by atoms with E-state index in [4.69, 9.17) is 4.74 Å². The van der Waals surface area contributed by atoms with Crippen molar-refractivity contribution in [2.45, 2.75) is 419 Å². The van der Waals surface area contributed by atoms with Crippen molar-refractivity contribution in [3.63, 3.8) is 0 Å². The first-order valence-electron chi connectivity index (χ1n) is 37.3. The van der Waals surface area contributed by atoms with Crippen LogP contribution in [0.2, 0.25) is 0 Å². The van der Waals surface area contributed by atoms with Crippen molar-refractivity contribution < 1.29 is 4.74 Å². The number of rotatable bonds is 0. The topological polar surface area (TPSA) is 25.4 Å². The van der Waals surface area contributed by atoms with Gasteiger partial charge in [-0.1, -0.05) is 214 Å². The molecule has 0 radical (unpaired) electrons. The van der Waals surface area contributed by atoms with Crippen LogP contribution in [0.25, 0.3) is 0 Å². The summed E-state index contributed by atoms with van der Waals surface area (Å²) in [7, 11) is 0. The number of piperidine rings is 1. The van der Waals surface area contributed by atoms with E-state index in [1.807, 2.05) is 0 Å².